The van der Waals surface area contributed by atoms with E-state index in [-0.39, 0.29) is 22.2 Å². The normalized spacial score (nSPS) is 14.4. The van der Waals surface area contributed by atoms with Crippen LogP contribution in [-0.4, -0.2) is 56.7 Å². The van der Waals surface area contributed by atoms with Gasteiger partial charge in [-0.15, -0.1) is 11.8 Å². The zero-order valence-electron chi connectivity index (χ0n) is 16.5. The number of carbonyl (C=O) groups is 1. The van der Waals surface area contributed by atoms with Crippen molar-refractivity contribution in [2.24, 2.45) is 0 Å². The summed E-state index contributed by atoms with van der Waals surface area (Å²) in [5.41, 5.74) is 0.718. The van der Waals surface area contributed by atoms with Gasteiger partial charge in [0.2, 0.25) is 0 Å². The van der Waals surface area contributed by atoms with Crippen LogP contribution in [0.4, 0.5) is 11.4 Å². The summed E-state index contributed by atoms with van der Waals surface area (Å²) in [6.45, 7) is 3.40. The molecule has 2 aromatic carbocycles. The molecule has 1 aliphatic heterocycles. The third-order valence-corrected chi connectivity index (χ3v) is 6.85. The van der Waals surface area contributed by atoms with Gasteiger partial charge in [-0.05, 0) is 36.9 Å². The molecular weight excluding hydrogens is 430 g/mol. The Morgan fingerprint density at radius 3 is 2.53 bits per heavy atom. The van der Waals surface area contributed by atoms with Crippen molar-refractivity contribution in [3.05, 3.63) is 57.6 Å². The van der Waals surface area contributed by atoms with Crippen molar-refractivity contribution in [3.63, 3.8) is 0 Å². The van der Waals surface area contributed by atoms with Gasteiger partial charge in [0.15, 0.2) is 0 Å². The van der Waals surface area contributed by atoms with E-state index in [1.165, 1.54) is 42.1 Å². The summed E-state index contributed by atoms with van der Waals surface area (Å²) < 4.78 is 33.6. The molecule has 30 heavy (non-hydrogen) atoms. The van der Waals surface area contributed by atoms with Crippen LogP contribution in [0.25, 0.3) is 0 Å². The van der Waals surface area contributed by atoms with Crippen molar-refractivity contribution >= 4 is 39.1 Å². The molecule has 0 spiro atoms. The lowest BCUT2D eigenvalue weighted by Crippen LogP contribution is -2.41. The fourth-order valence-electron chi connectivity index (χ4n) is 3.00. The van der Waals surface area contributed by atoms with E-state index in [2.05, 4.69) is 4.72 Å². The number of hydrogen-bond donors (Lipinski definition) is 1. The Morgan fingerprint density at radius 1 is 1.20 bits per heavy atom. The third kappa shape index (κ3) is 4.74. The maximum atomic E-state index is 13.0. The van der Waals surface area contributed by atoms with E-state index in [1.54, 1.807) is 17.9 Å². The molecule has 0 saturated carbocycles. The molecule has 3 rings (SSSR count). The van der Waals surface area contributed by atoms with Crippen LogP contribution in [0.15, 0.2) is 46.2 Å². The van der Waals surface area contributed by atoms with Crippen molar-refractivity contribution in [1.29, 1.82) is 0 Å². The molecule has 0 unspecified atom stereocenters. The highest BCUT2D eigenvalue weighted by molar-refractivity contribution is 7.98. The topological polar surface area (TPSA) is 119 Å². The van der Waals surface area contributed by atoms with E-state index >= 15 is 0 Å². The number of benzene rings is 2. The van der Waals surface area contributed by atoms with Crippen molar-refractivity contribution in [2.75, 3.05) is 37.3 Å². The highest BCUT2D eigenvalue weighted by atomic mass is 32.2. The van der Waals surface area contributed by atoms with Gasteiger partial charge in [-0.3, -0.25) is 19.6 Å². The average Bonchev–Trinajstić information content (AvgIpc) is 2.74. The first kappa shape index (κ1) is 22.1. The van der Waals surface area contributed by atoms with Crippen molar-refractivity contribution in [1.82, 2.24) is 4.90 Å². The second-order valence-corrected chi connectivity index (χ2v) is 9.16. The van der Waals surface area contributed by atoms with E-state index in [1.807, 2.05) is 6.26 Å². The molecule has 1 amide bonds. The SMILES string of the molecule is CSc1ccc(S(=O)(=O)Nc2cc([N+](=O)[O-])ccc2C)cc1C(=O)N1CCOCC1. The predicted octanol–water partition coefficient (Wildman–Crippen LogP) is 2.90. The van der Waals surface area contributed by atoms with E-state index in [0.717, 1.165) is 0 Å². The number of sulfonamides is 1. The van der Waals surface area contributed by atoms with Gasteiger partial charge >= 0.3 is 0 Å². The van der Waals surface area contributed by atoms with Gasteiger partial charge in [-0.1, -0.05) is 6.07 Å². The molecule has 0 aliphatic carbocycles. The molecule has 1 aliphatic rings. The first-order chi connectivity index (χ1) is 14.2. The Kier molecular flexibility index (Phi) is 6.64. The lowest BCUT2D eigenvalue weighted by Gasteiger charge is -2.27. The number of carbonyl (C=O) groups excluding carboxylic acids is 1. The van der Waals surface area contributed by atoms with Crippen LogP contribution in [0, 0.1) is 17.0 Å². The smallest absolute Gasteiger partial charge is 0.271 e. The summed E-state index contributed by atoms with van der Waals surface area (Å²) in [7, 11) is -4.07. The number of amides is 1. The quantitative estimate of drug-likeness (QED) is 0.407. The van der Waals surface area contributed by atoms with Gasteiger partial charge in [-0.2, -0.15) is 0 Å². The van der Waals surface area contributed by atoms with E-state index < -0.39 is 14.9 Å². The fourth-order valence-corrected chi connectivity index (χ4v) is 4.71. The number of nitrogens with zero attached hydrogens (tertiary/aromatic N) is 2. The van der Waals surface area contributed by atoms with Crippen LogP contribution >= 0.6 is 11.8 Å². The summed E-state index contributed by atoms with van der Waals surface area (Å²) in [5, 5.41) is 11.0. The second kappa shape index (κ2) is 9.02. The van der Waals surface area contributed by atoms with Gasteiger partial charge in [0.1, 0.15) is 0 Å². The number of anilines is 1. The lowest BCUT2D eigenvalue weighted by atomic mass is 10.2. The van der Waals surface area contributed by atoms with Crippen LogP contribution in [0.2, 0.25) is 0 Å². The van der Waals surface area contributed by atoms with Gasteiger partial charge in [-0.25, -0.2) is 8.42 Å². The molecule has 1 fully saturated rings. The summed E-state index contributed by atoms with van der Waals surface area (Å²) in [6, 6.07) is 8.30. The molecule has 1 heterocycles. The summed E-state index contributed by atoms with van der Waals surface area (Å²) in [6.07, 6.45) is 1.81. The number of morpholine rings is 1. The second-order valence-electron chi connectivity index (χ2n) is 6.63. The Bertz CT molecular complexity index is 1080. The number of hydrogen-bond acceptors (Lipinski definition) is 7. The summed E-state index contributed by atoms with van der Waals surface area (Å²) in [5.74, 6) is -0.258. The Morgan fingerprint density at radius 2 is 1.90 bits per heavy atom. The molecular formula is C19H21N3O6S2. The first-order valence-corrected chi connectivity index (χ1v) is 11.8. The van der Waals surface area contributed by atoms with Crippen LogP contribution in [0.3, 0.4) is 0 Å². The molecule has 0 aromatic heterocycles. The largest absolute Gasteiger partial charge is 0.378 e. The maximum Gasteiger partial charge on any atom is 0.271 e. The number of nitro benzene ring substituents is 1. The number of non-ortho nitro benzene ring substituents is 1. The van der Waals surface area contributed by atoms with Gasteiger partial charge in [0, 0.05) is 30.1 Å². The number of thioether (sulfide) groups is 1. The van der Waals surface area contributed by atoms with Crippen molar-refractivity contribution < 1.29 is 22.9 Å². The molecule has 0 radical (unpaired) electrons. The first-order valence-electron chi connectivity index (χ1n) is 9.06. The lowest BCUT2D eigenvalue weighted by molar-refractivity contribution is -0.384. The summed E-state index contributed by atoms with van der Waals surface area (Å²) in [4.78, 5) is 25.6. The number of nitrogens with one attached hydrogen (secondary N) is 1. The number of ether oxygens (including phenoxy) is 1. The van der Waals surface area contributed by atoms with Gasteiger partial charge in [0.05, 0.1) is 34.3 Å². The Labute approximate surface area is 178 Å². The van der Waals surface area contributed by atoms with E-state index in [0.29, 0.717) is 42.3 Å². The molecule has 1 saturated heterocycles. The molecule has 9 nitrogen and oxygen atoms in total. The van der Waals surface area contributed by atoms with Crippen LogP contribution in [-0.2, 0) is 14.8 Å². The monoisotopic (exact) mass is 451 g/mol. The standard InChI is InChI=1S/C19H21N3O6S2/c1-13-3-4-14(22(24)25)11-17(13)20-30(26,27)15-5-6-18(29-2)16(12-15)19(23)21-7-9-28-10-8-21/h3-6,11-12,20H,7-10H2,1-2H3. The zero-order valence-corrected chi connectivity index (χ0v) is 18.1. The van der Waals surface area contributed by atoms with Gasteiger partial charge < -0.3 is 9.64 Å². The minimum Gasteiger partial charge on any atom is -0.378 e. The minimum atomic E-state index is -4.07. The number of nitro groups is 1. The number of aryl methyl sites for hydroxylation is 1. The third-order valence-electron chi connectivity index (χ3n) is 4.69. The average molecular weight is 452 g/mol. The minimum absolute atomic E-state index is 0.0946. The zero-order chi connectivity index (χ0) is 21.9. The highest BCUT2D eigenvalue weighted by Crippen LogP contribution is 2.28. The fraction of sp³-hybridized carbons (Fsp3) is 0.316. The van der Waals surface area contributed by atoms with Crippen LogP contribution in [0.5, 0.6) is 0 Å². The molecule has 0 bridgehead atoms. The predicted molar refractivity (Wildman–Crippen MR) is 114 cm³/mol. The van der Waals surface area contributed by atoms with Crippen molar-refractivity contribution in [3.8, 4) is 0 Å². The van der Waals surface area contributed by atoms with E-state index in [4.69, 9.17) is 4.74 Å². The highest BCUT2D eigenvalue weighted by Gasteiger charge is 2.24. The maximum absolute atomic E-state index is 13.0. The van der Waals surface area contributed by atoms with Crippen LogP contribution in [0.1, 0.15) is 15.9 Å². The molecule has 2 aromatic rings. The Hall–Kier alpha value is -2.63. The van der Waals surface area contributed by atoms with Gasteiger partial charge in [0.25, 0.3) is 21.6 Å². The van der Waals surface area contributed by atoms with Crippen LogP contribution < -0.4 is 4.72 Å². The Balaban J connectivity index is 1.95. The molecule has 11 heteroatoms. The molecule has 160 valence electrons. The molecule has 1 N–H and O–H groups in total. The number of rotatable bonds is 6. The molecule has 0 atom stereocenters. The summed E-state index contributed by atoms with van der Waals surface area (Å²) >= 11 is 1.35. The van der Waals surface area contributed by atoms with E-state index in [9.17, 15) is 23.3 Å². The van der Waals surface area contributed by atoms with Crippen molar-refractivity contribution in [2.45, 2.75) is 16.7 Å².